The van der Waals surface area contributed by atoms with E-state index in [-0.39, 0.29) is 11.9 Å². The summed E-state index contributed by atoms with van der Waals surface area (Å²) < 4.78 is 39.1. The number of nitrogens with one attached hydrogen (secondary N) is 2. The van der Waals surface area contributed by atoms with Crippen molar-refractivity contribution in [2.75, 3.05) is 5.32 Å². The zero-order valence-corrected chi connectivity index (χ0v) is 23.8. The third kappa shape index (κ3) is 6.60. The molecule has 6 rings (SSSR count). The van der Waals surface area contributed by atoms with Gasteiger partial charge in [-0.3, -0.25) is 14.6 Å². The number of amides is 2. The van der Waals surface area contributed by atoms with Crippen LogP contribution in [0.5, 0.6) is 0 Å². The molecule has 0 fully saturated rings. The monoisotopic (exact) mass is 601 g/mol. The number of fused-ring (bicyclic) bond motifs is 1. The summed E-state index contributed by atoms with van der Waals surface area (Å²) in [6, 6.07) is 37.4. The summed E-state index contributed by atoms with van der Waals surface area (Å²) in [5, 5.41) is 6.69. The second-order valence-corrected chi connectivity index (χ2v) is 10.4. The molecule has 5 nitrogen and oxygen atoms in total. The van der Waals surface area contributed by atoms with Gasteiger partial charge in [-0.05, 0) is 58.7 Å². The van der Waals surface area contributed by atoms with Crippen molar-refractivity contribution in [1.82, 2.24) is 10.3 Å². The van der Waals surface area contributed by atoms with Gasteiger partial charge in [-0.1, -0.05) is 97.1 Å². The third-order valence-corrected chi connectivity index (χ3v) is 7.44. The Morgan fingerprint density at radius 2 is 1.29 bits per heavy atom. The zero-order chi connectivity index (χ0) is 31.4. The Kier molecular flexibility index (Phi) is 8.12. The lowest BCUT2D eigenvalue weighted by atomic mass is 9.98. The van der Waals surface area contributed by atoms with Gasteiger partial charge in [-0.25, -0.2) is 0 Å². The van der Waals surface area contributed by atoms with Crippen LogP contribution in [0.4, 0.5) is 18.9 Å². The van der Waals surface area contributed by atoms with E-state index in [9.17, 15) is 22.8 Å². The molecule has 222 valence electrons. The topological polar surface area (TPSA) is 71.1 Å². The minimum atomic E-state index is -4.45. The van der Waals surface area contributed by atoms with E-state index in [4.69, 9.17) is 0 Å². The number of hydrogen-bond donors (Lipinski definition) is 2. The average Bonchev–Trinajstić information content (AvgIpc) is 3.07. The highest BCUT2D eigenvalue weighted by molar-refractivity contribution is 6.09. The van der Waals surface area contributed by atoms with E-state index in [0.29, 0.717) is 38.8 Å². The predicted molar refractivity (Wildman–Crippen MR) is 169 cm³/mol. The van der Waals surface area contributed by atoms with Gasteiger partial charge in [-0.15, -0.1) is 0 Å². The van der Waals surface area contributed by atoms with E-state index in [1.807, 2.05) is 60.7 Å². The number of nitrogens with zero attached hydrogens (tertiary/aromatic N) is 1. The molecule has 8 heteroatoms. The normalized spacial score (nSPS) is 11.4. The standard InChI is InChI=1S/C37H26F3N3O2/c38-37(39,40)29-18-15-24(16-19-29)31-13-7-8-14-32(31)36(45)42-30-20-17-27-21-28(23-41-33(27)22-30)35(44)43-34(25-9-3-1-4-10-25)26-11-5-2-6-12-26/h1-23,34H,(H,42,45)(H,43,44). The first-order valence-corrected chi connectivity index (χ1v) is 14.1. The van der Waals surface area contributed by atoms with Crippen LogP contribution in [0.1, 0.15) is 43.4 Å². The lowest BCUT2D eigenvalue weighted by molar-refractivity contribution is -0.137. The summed E-state index contributed by atoms with van der Waals surface area (Å²) >= 11 is 0. The van der Waals surface area contributed by atoms with E-state index < -0.39 is 17.6 Å². The minimum Gasteiger partial charge on any atom is -0.341 e. The molecule has 0 aliphatic carbocycles. The fraction of sp³-hybridized carbons (Fsp3) is 0.0541. The molecule has 1 heterocycles. The summed E-state index contributed by atoms with van der Waals surface area (Å²) in [6.07, 6.45) is -2.95. The number of halogens is 3. The predicted octanol–water partition coefficient (Wildman–Crippen LogP) is 8.69. The molecule has 0 aliphatic heterocycles. The summed E-state index contributed by atoms with van der Waals surface area (Å²) in [6.45, 7) is 0. The molecule has 0 atom stereocenters. The maximum absolute atomic E-state index is 13.4. The van der Waals surface area contributed by atoms with Crippen molar-refractivity contribution in [2.24, 2.45) is 0 Å². The number of pyridine rings is 1. The lowest BCUT2D eigenvalue weighted by Crippen LogP contribution is -2.29. The van der Waals surface area contributed by atoms with Gasteiger partial charge in [0.05, 0.1) is 22.7 Å². The van der Waals surface area contributed by atoms with Crippen molar-refractivity contribution in [3.63, 3.8) is 0 Å². The summed E-state index contributed by atoms with van der Waals surface area (Å²) in [4.78, 5) is 31.1. The Morgan fingerprint density at radius 1 is 0.667 bits per heavy atom. The highest BCUT2D eigenvalue weighted by Gasteiger charge is 2.30. The molecule has 0 aliphatic rings. The molecule has 0 spiro atoms. The van der Waals surface area contributed by atoms with Crippen molar-refractivity contribution in [3.05, 3.63) is 167 Å². The molecule has 2 N–H and O–H groups in total. The van der Waals surface area contributed by atoms with Crippen LogP contribution in [0.2, 0.25) is 0 Å². The molecule has 2 amide bonds. The van der Waals surface area contributed by atoms with Gasteiger partial charge in [0.25, 0.3) is 11.8 Å². The van der Waals surface area contributed by atoms with E-state index in [0.717, 1.165) is 23.3 Å². The Morgan fingerprint density at radius 3 is 1.93 bits per heavy atom. The van der Waals surface area contributed by atoms with E-state index in [1.165, 1.54) is 18.3 Å². The molecular weight excluding hydrogens is 575 g/mol. The van der Waals surface area contributed by atoms with Crippen molar-refractivity contribution in [3.8, 4) is 11.1 Å². The number of rotatable bonds is 7. The molecule has 0 saturated heterocycles. The van der Waals surface area contributed by atoms with Crippen LogP contribution < -0.4 is 10.6 Å². The Bertz CT molecular complexity index is 1940. The summed E-state index contributed by atoms with van der Waals surface area (Å²) in [7, 11) is 0. The van der Waals surface area contributed by atoms with Crippen molar-refractivity contribution < 1.29 is 22.8 Å². The number of anilines is 1. The number of carbonyl (C=O) groups excluding carboxylic acids is 2. The number of aromatic nitrogens is 1. The zero-order valence-electron chi connectivity index (χ0n) is 23.8. The van der Waals surface area contributed by atoms with Crippen LogP contribution in [0.3, 0.4) is 0 Å². The van der Waals surface area contributed by atoms with Gasteiger partial charge in [0, 0.05) is 22.8 Å². The Hall–Kier alpha value is -5.76. The number of benzene rings is 5. The SMILES string of the molecule is O=C(NC(c1ccccc1)c1ccccc1)c1cnc2cc(NC(=O)c3ccccc3-c3ccc(C(F)(F)F)cc3)ccc2c1. The van der Waals surface area contributed by atoms with Crippen LogP contribution in [0.25, 0.3) is 22.0 Å². The van der Waals surface area contributed by atoms with Crippen LogP contribution in [0, 0.1) is 0 Å². The van der Waals surface area contributed by atoms with Crippen molar-refractivity contribution in [2.45, 2.75) is 12.2 Å². The van der Waals surface area contributed by atoms with Crippen LogP contribution in [-0.2, 0) is 6.18 Å². The van der Waals surface area contributed by atoms with Gasteiger partial charge in [0.1, 0.15) is 0 Å². The molecule has 45 heavy (non-hydrogen) atoms. The lowest BCUT2D eigenvalue weighted by Gasteiger charge is -2.20. The smallest absolute Gasteiger partial charge is 0.341 e. The first-order valence-electron chi connectivity index (χ1n) is 14.1. The van der Waals surface area contributed by atoms with Crippen LogP contribution >= 0.6 is 0 Å². The Balaban J connectivity index is 1.20. The molecule has 6 aromatic rings. The van der Waals surface area contributed by atoms with E-state index in [1.54, 1.807) is 48.5 Å². The molecule has 0 saturated carbocycles. The highest BCUT2D eigenvalue weighted by Crippen LogP contribution is 2.32. The second kappa shape index (κ2) is 12.5. The third-order valence-electron chi connectivity index (χ3n) is 7.44. The summed E-state index contributed by atoms with van der Waals surface area (Å²) in [5.74, 6) is -0.701. The maximum atomic E-state index is 13.4. The number of alkyl halides is 3. The molecule has 5 aromatic carbocycles. The van der Waals surface area contributed by atoms with Crippen LogP contribution in [0.15, 0.2) is 140 Å². The van der Waals surface area contributed by atoms with E-state index >= 15 is 0 Å². The second-order valence-electron chi connectivity index (χ2n) is 10.4. The quantitative estimate of drug-likeness (QED) is 0.192. The highest BCUT2D eigenvalue weighted by atomic mass is 19.4. The molecular formula is C37H26F3N3O2. The van der Waals surface area contributed by atoms with Crippen molar-refractivity contribution in [1.29, 1.82) is 0 Å². The minimum absolute atomic E-state index is 0.278. The molecule has 1 aromatic heterocycles. The van der Waals surface area contributed by atoms with Crippen molar-refractivity contribution >= 4 is 28.4 Å². The van der Waals surface area contributed by atoms with Gasteiger partial charge in [0.2, 0.25) is 0 Å². The van der Waals surface area contributed by atoms with E-state index in [2.05, 4.69) is 15.6 Å². The average molecular weight is 602 g/mol. The Labute approximate surface area is 257 Å². The summed E-state index contributed by atoms with van der Waals surface area (Å²) in [5.41, 5.74) is 3.88. The largest absolute Gasteiger partial charge is 0.416 e. The fourth-order valence-corrected chi connectivity index (χ4v) is 5.16. The maximum Gasteiger partial charge on any atom is 0.416 e. The molecule has 0 radical (unpaired) electrons. The first kappa shape index (κ1) is 29.3. The van der Waals surface area contributed by atoms with Gasteiger partial charge in [0.15, 0.2) is 0 Å². The number of carbonyl (C=O) groups is 2. The molecule has 0 bridgehead atoms. The fourth-order valence-electron chi connectivity index (χ4n) is 5.16. The van der Waals surface area contributed by atoms with Gasteiger partial charge < -0.3 is 10.6 Å². The van der Waals surface area contributed by atoms with Gasteiger partial charge >= 0.3 is 6.18 Å². The van der Waals surface area contributed by atoms with Gasteiger partial charge in [-0.2, -0.15) is 13.2 Å². The number of hydrogen-bond acceptors (Lipinski definition) is 3. The van der Waals surface area contributed by atoms with Crippen LogP contribution in [-0.4, -0.2) is 16.8 Å². The first-order chi connectivity index (χ1) is 21.8. The molecule has 0 unspecified atom stereocenters.